The van der Waals surface area contributed by atoms with Crippen molar-refractivity contribution in [3.63, 3.8) is 0 Å². The molecule has 38 heavy (non-hydrogen) atoms. The first-order valence-electron chi connectivity index (χ1n) is 12.0. The molecule has 0 radical (unpaired) electrons. The highest BCUT2D eigenvalue weighted by molar-refractivity contribution is 8.00. The number of amides is 2. The van der Waals surface area contributed by atoms with Crippen molar-refractivity contribution in [2.75, 3.05) is 12.3 Å². The van der Waals surface area contributed by atoms with E-state index >= 15 is 0 Å². The molecule has 0 spiro atoms. The fraction of sp³-hybridized carbons (Fsp3) is 0.423. The summed E-state index contributed by atoms with van der Waals surface area (Å²) in [5, 5.41) is 11.3. The van der Waals surface area contributed by atoms with Gasteiger partial charge in [-0.15, -0.1) is 11.8 Å². The first-order valence-corrected chi connectivity index (χ1v) is 13.1. The lowest BCUT2D eigenvalue weighted by molar-refractivity contribution is -0.147. The minimum absolute atomic E-state index is 0.131. The summed E-state index contributed by atoms with van der Waals surface area (Å²) in [6, 6.07) is 6.97. The predicted molar refractivity (Wildman–Crippen MR) is 136 cm³/mol. The van der Waals surface area contributed by atoms with Gasteiger partial charge in [-0.1, -0.05) is 26.0 Å². The Morgan fingerprint density at radius 2 is 1.79 bits per heavy atom. The highest BCUT2D eigenvalue weighted by Crippen LogP contribution is 2.26. The number of nitrogens with zero attached hydrogens (tertiary/aromatic N) is 1. The number of benzene rings is 2. The Morgan fingerprint density at radius 3 is 2.42 bits per heavy atom. The molecule has 2 amide bonds. The van der Waals surface area contributed by atoms with Crippen LogP contribution in [0.1, 0.15) is 31.4 Å². The summed E-state index contributed by atoms with van der Waals surface area (Å²) in [6.45, 7) is 4.01. The van der Waals surface area contributed by atoms with E-state index in [1.165, 1.54) is 16.7 Å². The van der Waals surface area contributed by atoms with Crippen LogP contribution in [0.4, 0.5) is 13.2 Å². The van der Waals surface area contributed by atoms with Crippen LogP contribution in [0, 0.1) is 23.4 Å². The van der Waals surface area contributed by atoms with Gasteiger partial charge >= 0.3 is 5.97 Å². The van der Waals surface area contributed by atoms with Crippen LogP contribution in [0.5, 0.6) is 5.75 Å². The number of aliphatic carboxylic acids is 1. The second kappa shape index (κ2) is 13.0. The quantitative estimate of drug-likeness (QED) is 0.366. The zero-order valence-electron chi connectivity index (χ0n) is 21.0. The van der Waals surface area contributed by atoms with Crippen LogP contribution in [-0.2, 0) is 27.3 Å². The minimum atomic E-state index is -1.30. The predicted octanol–water partition coefficient (Wildman–Crippen LogP) is 3.07. The molecule has 3 rings (SSSR count). The van der Waals surface area contributed by atoms with Crippen molar-refractivity contribution in [2.24, 2.45) is 11.7 Å². The van der Waals surface area contributed by atoms with Gasteiger partial charge in [0.2, 0.25) is 5.91 Å². The molecule has 8 nitrogen and oxygen atoms in total. The molecule has 1 fully saturated rings. The number of hydrogen-bond acceptors (Lipinski definition) is 6. The molecule has 0 bridgehead atoms. The van der Waals surface area contributed by atoms with Crippen LogP contribution in [-0.4, -0.2) is 57.6 Å². The van der Waals surface area contributed by atoms with Gasteiger partial charge < -0.3 is 25.8 Å². The molecule has 1 aliphatic rings. The number of thioether (sulfide) groups is 1. The Morgan fingerprint density at radius 1 is 1.13 bits per heavy atom. The van der Waals surface area contributed by atoms with Crippen LogP contribution >= 0.6 is 11.8 Å². The monoisotopic (exact) mass is 553 g/mol. The SMILES string of the molecule is CC(C)[C@H](Oc1ccc(CNC(=O)[C@@H]2SCCN2C(=O)C[C@H](N)Cc2cc(F)c(F)cc2F)cc1)C(=O)O. The van der Waals surface area contributed by atoms with Gasteiger partial charge in [0.15, 0.2) is 23.1 Å². The molecule has 0 unspecified atom stereocenters. The topological polar surface area (TPSA) is 122 Å². The molecular formula is C26H30F3N3O5S. The van der Waals surface area contributed by atoms with Gasteiger partial charge in [0.05, 0.1) is 0 Å². The summed E-state index contributed by atoms with van der Waals surface area (Å²) >= 11 is 1.30. The number of nitrogens with one attached hydrogen (secondary N) is 1. The molecule has 0 aromatic heterocycles. The number of nitrogens with two attached hydrogens (primary N) is 1. The summed E-state index contributed by atoms with van der Waals surface area (Å²) in [4.78, 5) is 38.4. The molecule has 2 aromatic rings. The Balaban J connectivity index is 1.52. The molecule has 1 saturated heterocycles. The standard InChI is InChI=1S/C26H30F3N3O5S/c1-14(2)23(26(35)36)37-18-5-3-15(4-6-18)13-31-24(34)25-32(7-8-38-25)22(33)11-17(30)9-16-10-20(28)21(29)12-19(16)27/h3-6,10,12,14,17,23,25H,7-9,11,13,30H2,1-2H3,(H,31,34)(H,35,36)/t17-,23+,25+/m1/s1. The van der Waals surface area contributed by atoms with Gasteiger partial charge in [-0.2, -0.15) is 0 Å². The van der Waals surface area contributed by atoms with Crippen molar-refractivity contribution in [3.8, 4) is 5.75 Å². The Kier molecular flexibility index (Phi) is 10.0. The average molecular weight is 554 g/mol. The minimum Gasteiger partial charge on any atom is -0.478 e. The first kappa shape index (κ1) is 29.3. The average Bonchev–Trinajstić information content (AvgIpc) is 3.35. The van der Waals surface area contributed by atoms with Crippen molar-refractivity contribution in [1.82, 2.24) is 10.2 Å². The molecule has 0 saturated carbocycles. The molecule has 0 aliphatic carbocycles. The third kappa shape index (κ3) is 7.64. The van der Waals surface area contributed by atoms with E-state index in [2.05, 4.69) is 5.32 Å². The Labute approximate surface area is 222 Å². The van der Waals surface area contributed by atoms with Gasteiger partial charge in [-0.3, -0.25) is 9.59 Å². The normalized spacial score (nSPS) is 16.8. The summed E-state index contributed by atoms with van der Waals surface area (Å²) in [5.41, 5.74) is 6.60. The lowest BCUT2D eigenvalue weighted by Gasteiger charge is -2.24. The number of carboxylic acids is 1. The van der Waals surface area contributed by atoms with E-state index in [0.717, 1.165) is 11.6 Å². The smallest absolute Gasteiger partial charge is 0.345 e. The zero-order valence-corrected chi connectivity index (χ0v) is 21.8. The van der Waals surface area contributed by atoms with Crippen LogP contribution in [0.15, 0.2) is 36.4 Å². The van der Waals surface area contributed by atoms with Crippen LogP contribution < -0.4 is 15.8 Å². The number of halogens is 3. The highest BCUT2D eigenvalue weighted by Gasteiger charge is 2.35. The van der Waals surface area contributed by atoms with E-state index in [4.69, 9.17) is 10.5 Å². The largest absolute Gasteiger partial charge is 0.478 e. The summed E-state index contributed by atoms with van der Waals surface area (Å²) in [6.07, 6.45) is -1.35. The number of carbonyl (C=O) groups is 3. The molecule has 12 heteroatoms. The maximum atomic E-state index is 13.9. The van der Waals surface area contributed by atoms with E-state index in [1.54, 1.807) is 38.1 Å². The van der Waals surface area contributed by atoms with E-state index in [0.29, 0.717) is 24.1 Å². The van der Waals surface area contributed by atoms with Gasteiger partial charge in [0.1, 0.15) is 11.6 Å². The van der Waals surface area contributed by atoms with Gasteiger partial charge in [0.25, 0.3) is 5.91 Å². The van der Waals surface area contributed by atoms with Crippen molar-refractivity contribution in [1.29, 1.82) is 0 Å². The van der Waals surface area contributed by atoms with Gasteiger partial charge in [0, 0.05) is 43.3 Å². The number of carboxylic acid groups (broad SMARTS) is 1. The van der Waals surface area contributed by atoms with Gasteiger partial charge in [-0.05, 0) is 35.7 Å². The molecular weight excluding hydrogens is 523 g/mol. The van der Waals surface area contributed by atoms with Crippen LogP contribution in [0.3, 0.4) is 0 Å². The summed E-state index contributed by atoms with van der Waals surface area (Å²) in [5.74, 6) is -4.55. The molecule has 1 heterocycles. The van der Waals surface area contributed by atoms with Crippen molar-refractivity contribution in [2.45, 2.75) is 50.8 Å². The Hall–Kier alpha value is -3.25. The third-order valence-corrected chi connectivity index (χ3v) is 7.15. The lowest BCUT2D eigenvalue weighted by Crippen LogP contribution is -2.46. The number of ether oxygens (including phenoxy) is 1. The fourth-order valence-electron chi connectivity index (χ4n) is 3.94. The van der Waals surface area contributed by atoms with E-state index in [1.807, 2.05) is 0 Å². The summed E-state index contributed by atoms with van der Waals surface area (Å²) in [7, 11) is 0. The second-order valence-corrected chi connectivity index (χ2v) is 10.5. The Bertz CT molecular complexity index is 1170. The molecule has 1 aliphatic heterocycles. The number of carbonyl (C=O) groups excluding carboxylic acids is 2. The van der Waals surface area contributed by atoms with Crippen molar-refractivity contribution < 1.29 is 37.4 Å². The summed E-state index contributed by atoms with van der Waals surface area (Å²) < 4.78 is 46.0. The van der Waals surface area contributed by atoms with E-state index in [-0.39, 0.29) is 36.8 Å². The third-order valence-electron chi connectivity index (χ3n) is 5.95. The van der Waals surface area contributed by atoms with Crippen molar-refractivity contribution in [3.05, 3.63) is 65.0 Å². The maximum Gasteiger partial charge on any atom is 0.345 e. The van der Waals surface area contributed by atoms with Gasteiger partial charge in [-0.25, -0.2) is 18.0 Å². The molecule has 3 atom stereocenters. The molecule has 206 valence electrons. The van der Waals surface area contributed by atoms with E-state index < -0.39 is 46.8 Å². The highest BCUT2D eigenvalue weighted by atomic mass is 32.2. The molecule has 4 N–H and O–H groups in total. The van der Waals surface area contributed by atoms with Crippen molar-refractivity contribution >= 4 is 29.5 Å². The molecule has 2 aromatic carbocycles. The number of rotatable bonds is 11. The van der Waals surface area contributed by atoms with Crippen LogP contribution in [0.25, 0.3) is 0 Å². The fourth-order valence-corrected chi connectivity index (χ4v) is 5.10. The second-order valence-electron chi connectivity index (χ2n) is 9.32. The van der Waals surface area contributed by atoms with E-state index in [9.17, 15) is 32.7 Å². The maximum absolute atomic E-state index is 13.9. The number of hydrogen-bond donors (Lipinski definition) is 3. The lowest BCUT2D eigenvalue weighted by atomic mass is 10.0. The zero-order chi connectivity index (χ0) is 28.0. The first-order chi connectivity index (χ1) is 18.0. The van der Waals surface area contributed by atoms with Crippen LogP contribution in [0.2, 0.25) is 0 Å².